The van der Waals surface area contributed by atoms with E-state index in [0.29, 0.717) is 5.41 Å². The summed E-state index contributed by atoms with van der Waals surface area (Å²) in [5, 5.41) is 3.61. The van der Waals surface area contributed by atoms with Crippen molar-refractivity contribution in [3.8, 4) is 0 Å². The summed E-state index contributed by atoms with van der Waals surface area (Å²) in [6.45, 7) is 5.96. The molecular formula is C16H24BrN. The molecule has 1 fully saturated rings. The predicted molar refractivity (Wildman–Crippen MR) is 81.9 cm³/mol. The summed E-state index contributed by atoms with van der Waals surface area (Å²) in [5.41, 5.74) is 1.89. The van der Waals surface area contributed by atoms with Gasteiger partial charge in [0.2, 0.25) is 0 Å². The molecule has 0 aliphatic heterocycles. The summed E-state index contributed by atoms with van der Waals surface area (Å²) in [5.74, 6) is 0. The third kappa shape index (κ3) is 5.11. The maximum Gasteiger partial charge on any atom is 0.0175 e. The molecule has 0 unspecified atom stereocenters. The first-order chi connectivity index (χ1) is 8.55. The Hall–Kier alpha value is -0.340. The van der Waals surface area contributed by atoms with Crippen LogP contribution in [0.4, 0.5) is 0 Å². The minimum atomic E-state index is 0.439. The molecule has 100 valence electrons. The lowest BCUT2D eigenvalue weighted by Crippen LogP contribution is -2.24. The summed E-state index contributed by atoms with van der Waals surface area (Å²) in [7, 11) is 0. The molecule has 2 rings (SSSR count). The Morgan fingerprint density at radius 3 is 2.44 bits per heavy atom. The highest BCUT2D eigenvalue weighted by Crippen LogP contribution is 2.28. The minimum absolute atomic E-state index is 0.439. The summed E-state index contributed by atoms with van der Waals surface area (Å²) < 4.78 is 1.17. The molecule has 0 heterocycles. The summed E-state index contributed by atoms with van der Waals surface area (Å²) >= 11 is 3.48. The highest BCUT2D eigenvalue weighted by Gasteiger charge is 2.22. The molecule has 0 bridgehead atoms. The van der Waals surface area contributed by atoms with E-state index in [1.165, 1.54) is 48.7 Å². The van der Waals surface area contributed by atoms with Crippen LogP contribution in [0.15, 0.2) is 28.7 Å². The van der Waals surface area contributed by atoms with Gasteiger partial charge < -0.3 is 5.32 Å². The summed E-state index contributed by atoms with van der Waals surface area (Å²) in [6.07, 6.45) is 6.50. The van der Waals surface area contributed by atoms with Gasteiger partial charge in [-0.3, -0.25) is 0 Å². The van der Waals surface area contributed by atoms with Crippen LogP contribution < -0.4 is 5.32 Å². The zero-order valence-electron chi connectivity index (χ0n) is 11.5. The van der Waals surface area contributed by atoms with Crippen LogP contribution in [-0.2, 0) is 6.42 Å². The molecule has 18 heavy (non-hydrogen) atoms. The number of halogens is 1. The summed E-state index contributed by atoms with van der Waals surface area (Å²) in [6, 6.07) is 9.56. The van der Waals surface area contributed by atoms with Gasteiger partial charge in [0.05, 0.1) is 0 Å². The second kappa shape index (κ2) is 6.21. The Morgan fingerprint density at radius 1 is 1.17 bits per heavy atom. The molecule has 0 saturated heterocycles. The zero-order chi connectivity index (χ0) is 13.0. The van der Waals surface area contributed by atoms with E-state index in [4.69, 9.17) is 0 Å². The molecule has 1 aromatic rings. The van der Waals surface area contributed by atoms with Gasteiger partial charge in [0.15, 0.2) is 0 Å². The van der Waals surface area contributed by atoms with Crippen molar-refractivity contribution in [2.45, 2.75) is 52.0 Å². The number of aryl methyl sites for hydroxylation is 1. The first kappa shape index (κ1) is 14.1. The third-order valence-electron chi connectivity index (χ3n) is 3.82. The largest absolute Gasteiger partial charge is 0.314 e. The molecule has 0 amide bonds. The molecular weight excluding hydrogens is 286 g/mol. The van der Waals surface area contributed by atoms with E-state index in [9.17, 15) is 0 Å². The first-order valence-electron chi connectivity index (χ1n) is 7.03. The molecule has 1 N–H and O–H groups in total. The van der Waals surface area contributed by atoms with Gasteiger partial charge in [-0.25, -0.2) is 0 Å². The number of rotatable bonds is 7. The van der Waals surface area contributed by atoms with Crippen LogP contribution in [0.1, 0.15) is 45.1 Å². The highest BCUT2D eigenvalue weighted by molar-refractivity contribution is 9.10. The van der Waals surface area contributed by atoms with Gasteiger partial charge in [-0.1, -0.05) is 41.9 Å². The van der Waals surface area contributed by atoms with Crippen molar-refractivity contribution in [1.82, 2.24) is 5.32 Å². The average Bonchev–Trinajstić information content (AvgIpc) is 3.12. The van der Waals surface area contributed by atoms with Crippen LogP contribution in [0, 0.1) is 5.41 Å². The lowest BCUT2D eigenvalue weighted by Gasteiger charge is -2.25. The van der Waals surface area contributed by atoms with Crippen LogP contribution in [0.3, 0.4) is 0 Å². The number of nitrogens with one attached hydrogen (secondary N) is 1. The topological polar surface area (TPSA) is 12.0 Å². The van der Waals surface area contributed by atoms with E-state index < -0.39 is 0 Å². The Morgan fingerprint density at radius 2 is 1.83 bits per heavy atom. The molecule has 1 aliphatic rings. The second-order valence-corrected chi connectivity index (χ2v) is 7.18. The number of hydrogen-bond acceptors (Lipinski definition) is 1. The molecule has 0 radical (unpaired) electrons. The van der Waals surface area contributed by atoms with Crippen molar-refractivity contribution in [2.75, 3.05) is 6.54 Å². The molecule has 2 heteroatoms. The Balaban J connectivity index is 1.70. The Labute approximate surface area is 119 Å². The molecule has 0 atom stereocenters. The van der Waals surface area contributed by atoms with E-state index in [0.717, 1.165) is 6.04 Å². The zero-order valence-corrected chi connectivity index (χ0v) is 13.1. The van der Waals surface area contributed by atoms with Gasteiger partial charge in [-0.15, -0.1) is 0 Å². The molecule has 1 saturated carbocycles. The van der Waals surface area contributed by atoms with Crippen molar-refractivity contribution in [2.24, 2.45) is 5.41 Å². The van der Waals surface area contributed by atoms with E-state index in [2.05, 4.69) is 59.4 Å². The minimum Gasteiger partial charge on any atom is -0.314 e. The monoisotopic (exact) mass is 309 g/mol. The Kier molecular flexibility index (Phi) is 4.85. The fourth-order valence-electron chi connectivity index (χ4n) is 2.16. The smallest absolute Gasteiger partial charge is 0.0175 e. The van der Waals surface area contributed by atoms with Gasteiger partial charge in [0.25, 0.3) is 0 Å². The standard InChI is InChI=1S/C16H24BrN/c1-16(2,11-12-18-15-7-8-15)10-9-13-3-5-14(17)6-4-13/h3-6,15,18H,7-12H2,1-2H3. The van der Waals surface area contributed by atoms with Gasteiger partial charge in [-0.2, -0.15) is 0 Å². The molecule has 1 aromatic carbocycles. The van der Waals surface area contributed by atoms with Gasteiger partial charge in [0, 0.05) is 10.5 Å². The molecule has 1 aliphatic carbocycles. The van der Waals surface area contributed by atoms with Gasteiger partial charge in [0.1, 0.15) is 0 Å². The van der Waals surface area contributed by atoms with Gasteiger partial charge >= 0.3 is 0 Å². The van der Waals surface area contributed by atoms with E-state index >= 15 is 0 Å². The van der Waals surface area contributed by atoms with E-state index in [1.54, 1.807) is 0 Å². The van der Waals surface area contributed by atoms with Gasteiger partial charge in [-0.05, 0) is 61.8 Å². The lowest BCUT2D eigenvalue weighted by molar-refractivity contribution is 0.302. The van der Waals surface area contributed by atoms with Crippen molar-refractivity contribution in [1.29, 1.82) is 0 Å². The highest BCUT2D eigenvalue weighted by atomic mass is 79.9. The number of hydrogen-bond donors (Lipinski definition) is 1. The lowest BCUT2D eigenvalue weighted by atomic mass is 9.83. The quantitative estimate of drug-likeness (QED) is 0.779. The van der Waals surface area contributed by atoms with Crippen molar-refractivity contribution >= 4 is 15.9 Å². The van der Waals surface area contributed by atoms with Crippen molar-refractivity contribution < 1.29 is 0 Å². The SMILES string of the molecule is CC(C)(CCNC1CC1)CCc1ccc(Br)cc1. The number of benzene rings is 1. The Bertz CT molecular complexity index is 365. The molecule has 1 nitrogen and oxygen atoms in total. The van der Waals surface area contributed by atoms with Crippen LogP contribution in [0.25, 0.3) is 0 Å². The van der Waals surface area contributed by atoms with Crippen LogP contribution >= 0.6 is 15.9 Å². The van der Waals surface area contributed by atoms with Crippen molar-refractivity contribution in [3.05, 3.63) is 34.3 Å². The van der Waals surface area contributed by atoms with E-state index in [1.807, 2.05) is 0 Å². The normalized spacial score (nSPS) is 15.9. The average molecular weight is 310 g/mol. The third-order valence-corrected chi connectivity index (χ3v) is 4.34. The van der Waals surface area contributed by atoms with Crippen LogP contribution in [-0.4, -0.2) is 12.6 Å². The molecule has 0 aromatic heterocycles. The first-order valence-corrected chi connectivity index (χ1v) is 7.82. The fourth-order valence-corrected chi connectivity index (χ4v) is 2.43. The van der Waals surface area contributed by atoms with Crippen LogP contribution in [0.2, 0.25) is 0 Å². The molecule has 0 spiro atoms. The fraction of sp³-hybridized carbons (Fsp3) is 0.625. The second-order valence-electron chi connectivity index (χ2n) is 6.27. The maximum atomic E-state index is 3.61. The van der Waals surface area contributed by atoms with Crippen molar-refractivity contribution in [3.63, 3.8) is 0 Å². The predicted octanol–water partition coefficient (Wildman–Crippen LogP) is 4.55. The van der Waals surface area contributed by atoms with Crippen LogP contribution in [0.5, 0.6) is 0 Å². The maximum absolute atomic E-state index is 3.61. The van der Waals surface area contributed by atoms with E-state index in [-0.39, 0.29) is 0 Å². The summed E-state index contributed by atoms with van der Waals surface area (Å²) in [4.78, 5) is 0.